The molecule has 0 spiro atoms. The van der Waals surface area contributed by atoms with Gasteiger partial charge in [0.2, 0.25) is 0 Å². The van der Waals surface area contributed by atoms with Gasteiger partial charge in [0.1, 0.15) is 17.5 Å². The molecule has 1 aromatic rings. The smallest absolute Gasteiger partial charge is 0.137 e. The minimum absolute atomic E-state index is 0.610. The zero-order chi connectivity index (χ0) is 14.7. The SMILES string of the molecule is CCCNc1nc(C2CC2)nc(N2CCCCCC2)c1C. The molecule has 2 heterocycles. The molecule has 1 saturated heterocycles. The summed E-state index contributed by atoms with van der Waals surface area (Å²) in [7, 11) is 0. The Bertz CT molecular complexity index is 474. The van der Waals surface area contributed by atoms with E-state index in [2.05, 4.69) is 24.1 Å². The Morgan fingerprint density at radius 1 is 1.10 bits per heavy atom. The number of aromatic nitrogens is 2. The topological polar surface area (TPSA) is 41.1 Å². The molecule has 0 bridgehead atoms. The molecule has 1 saturated carbocycles. The van der Waals surface area contributed by atoms with Crippen molar-refractivity contribution in [1.82, 2.24) is 9.97 Å². The second-order valence-corrected chi connectivity index (χ2v) is 6.48. The Morgan fingerprint density at radius 2 is 1.81 bits per heavy atom. The van der Waals surface area contributed by atoms with E-state index in [0.717, 1.165) is 37.7 Å². The molecular formula is C17H28N4. The molecule has 3 rings (SSSR count). The second kappa shape index (κ2) is 6.63. The zero-order valence-electron chi connectivity index (χ0n) is 13.5. The van der Waals surface area contributed by atoms with Crippen LogP contribution >= 0.6 is 0 Å². The van der Waals surface area contributed by atoms with Crippen LogP contribution < -0.4 is 10.2 Å². The van der Waals surface area contributed by atoms with Crippen molar-refractivity contribution in [2.24, 2.45) is 0 Å². The van der Waals surface area contributed by atoms with E-state index in [-0.39, 0.29) is 0 Å². The molecule has 4 heteroatoms. The van der Waals surface area contributed by atoms with E-state index in [9.17, 15) is 0 Å². The maximum atomic E-state index is 4.94. The van der Waals surface area contributed by atoms with Gasteiger partial charge in [0.15, 0.2) is 0 Å². The van der Waals surface area contributed by atoms with Gasteiger partial charge in [-0.3, -0.25) is 0 Å². The van der Waals surface area contributed by atoms with Crippen molar-refractivity contribution >= 4 is 11.6 Å². The summed E-state index contributed by atoms with van der Waals surface area (Å²) in [5, 5.41) is 3.50. The lowest BCUT2D eigenvalue weighted by Crippen LogP contribution is -2.27. The van der Waals surface area contributed by atoms with Gasteiger partial charge in [0.25, 0.3) is 0 Å². The van der Waals surface area contributed by atoms with E-state index in [4.69, 9.17) is 9.97 Å². The summed E-state index contributed by atoms with van der Waals surface area (Å²) in [6, 6.07) is 0. The fraction of sp³-hybridized carbons (Fsp3) is 0.765. The van der Waals surface area contributed by atoms with Crippen LogP contribution in [0.2, 0.25) is 0 Å². The Morgan fingerprint density at radius 3 is 2.43 bits per heavy atom. The first-order valence-corrected chi connectivity index (χ1v) is 8.67. The van der Waals surface area contributed by atoms with Crippen molar-refractivity contribution < 1.29 is 0 Å². The van der Waals surface area contributed by atoms with Gasteiger partial charge in [0.05, 0.1) is 0 Å². The minimum Gasteiger partial charge on any atom is -0.370 e. The molecule has 4 nitrogen and oxygen atoms in total. The largest absolute Gasteiger partial charge is 0.370 e. The van der Waals surface area contributed by atoms with Gasteiger partial charge >= 0.3 is 0 Å². The lowest BCUT2D eigenvalue weighted by atomic mass is 10.2. The minimum atomic E-state index is 0.610. The fourth-order valence-corrected chi connectivity index (χ4v) is 3.05. The Hall–Kier alpha value is -1.32. The van der Waals surface area contributed by atoms with Crippen LogP contribution in [0, 0.1) is 6.92 Å². The third-order valence-corrected chi connectivity index (χ3v) is 4.53. The highest BCUT2D eigenvalue weighted by atomic mass is 15.2. The highest BCUT2D eigenvalue weighted by Gasteiger charge is 2.29. The second-order valence-electron chi connectivity index (χ2n) is 6.48. The van der Waals surface area contributed by atoms with Crippen molar-refractivity contribution in [2.45, 2.75) is 64.7 Å². The lowest BCUT2D eigenvalue weighted by molar-refractivity contribution is 0.726. The number of hydrogen-bond acceptors (Lipinski definition) is 4. The average Bonchev–Trinajstić information content (AvgIpc) is 3.32. The number of nitrogens with one attached hydrogen (secondary N) is 1. The highest BCUT2D eigenvalue weighted by molar-refractivity contribution is 5.59. The predicted molar refractivity (Wildman–Crippen MR) is 88.2 cm³/mol. The third-order valence-electron chi connectivity index (χ3n) is 4.53. The van der Waals surface area contributed by atoms with Crippen molar-refractivity contribution in [2.75, 3.05) is 29.9 Å². The molecule has 0 atom stereocenters. The Labute approximate surface area is 128 Å². The third kappa shape index (κ3) is 3.47. The summed E-state index contributed by atoms with van der Waals surface area (Å²) in [6.45, 7) is 7.65. The molecule has 116 valence electrons. The predicted octanol–water partition coefficient (Wildman–Crippen LogP) is 3.86. The van der Waals surface area contributed by atoms with E-state index in [1.807, 2.05) is 0 Å². The van der Waals surface area contributed by atoms with Gasteiger partial charge < -0.3 is 10.2 Å². The monoisotopic (exact) mass is 288 g/mol. The first-order valence-electron chi connectivity index (χ1n) is 8.67. The van der Waals surface area contributed by atoms with Crippen LogP contribution in [0.5, 0.6) is 0 Å². The first kappa shape index (κ1) is 14.6. The van der Waals surface area contributed by atoms with Gasteiger partial charge in [-0.25, -0.2) is 9.97 Å². The molecular weight excluding hydrogens is 260 g/mol. The molecule has 2 fully saturated rings. The van der Waals surface area contributed by atoms with Crippen LogP contribution in [0.4, 0.5) is 11.6 Å². The summed E-state index contributed by atoms with van der Waals surface area (Å²) in [4.78, 5) is 12.2. The van der Waals surface area contributed by atoms with Crippen molar-refractivity contribution in [3.8, 4) is 0 Å². The van der Waals surface area contributed by atoms with Crippen molar-refractivity contribution in [1.29, 1.82) is 0 Å². The van der Waals surface area contributed by atoms with Crippen LogP contribution in [-0.4, -0.2) is 29.6 Å². The molecule has 0 aromatic carbocycles. The van der Waals surface area contributed by atoms with Crippen LogP contribution in [0.3, 0.4) is 0 Å². The summed E-state index contributed by atoms with van der Waals surface area (Å²) < 4.78 is 0. The summed E-state index contributed by atoms with van der Waals surface area (Å²) >= 11 is 0. The lowest BCUT2D eigenvalue weighted by Gasteiger charge is -2.25. The van der Waals surface area contributed by atoms with Gasteiger partial charge in [-0.05, 0) is 39.0 Å². The van der Waals surface area contributed by atoms with Gasteiger partial charge in [-0.1, -0.05) is 19.8 Å². The molecule has 0 radical (unpaired) electrons. The van der Waals surface area contributed by atoms with Gasteiger partial charge in [-0.2, -0.15) is 0 Å². The number of anilines is 2. The first-order chi connectivity index (χ1) is 10.3. The average molecular weight is 288 g/mol. The Balaban J connectivity index is 1.90. The molecule has 1 N–H and O–H groups in total. The quantitative estimate of drug-likeness (QED) is 0.893. The van der Waals surface area contributed by atoms with Crippen molar-refractivity contribution in [3.05, 3.63) is 11.4 Å². The molecule has 0 unspecified atom stereocenters. The van der Waals surface area contributed by atoms with Crippen molar-refractivity contribution in [3.63, 3.8) is 0 Å². The van der Waals surface area contributed by atoms with Crippen LogP contribution in [0.1, 0.15) is 69.2 Å². The standard InChI is InChI=1S/C17H28N4/c1-3-10-18-15-13(2)17(20-16(19-15)14-8-9-14)21-11-6-4-5-7-12-21/h14H,3-12H2,1-2H3,(H,18,19,20). The van der Waals surface area contributed by atoms with Crippen LogP contribution in [0.25, 0.3) is 0 Å². The van der Waals surface area contributed by atoms with E-state index in [0.29, 0.717) is 5.92 Å². The summed E-state index contributed by atoms with van der Waals surface area (Å²) in [6.07, 6.45) is 8.95. The van der Waals surface area contributed by atoms with Crippen LogP contribution in [-0.2, 0) is 0 Å². The molecule has 2 aliphatic rings. The van der Waals surface area contributed by atoms with E-state index in [1.165, 1.54) is 49.9 Å². The molecule has 0 amide bonds. The summed E-state index contributed by atoms with van der Waals surface area (Å²) in [5.41, 5.74) is 1.23. The highest BCUT2D eigenvalue weighted by Crippen LogP contribution is 2.40. The summed E-state index contributed by atoms with van der Waals surface area (Å²) in [5.74, 6) is 3.93. The van der Waals surface area contributed by atoms with Crippen LogP contribution in [0.15, 0.2) is 0 Å². The van der Waals surface area contributed by atoms with Gasteiger partial charge in [0, 0.05) is 31.1 Å². The van der Waals surface area contributed by atoms with Gasteiger partial charge in [-0.15, -0.1) is 0 Å². The maximum Gasteiger partial charge on any atom is 0.137 e. The maximum absolute atomic E-state index is 4.94. The Kier molecular flexibility index (Phi) is 4.61. The van der Waals surface area contributed by atoms with E-state index >= 15 is 0 Å². The van der Waals surface area contributed by atoms with E-state index < -0.39 is 0 Å². The zero-order valence-corrected chi connectivity index (χ0v) is 13.5. The number of hydrogen-bond donors (Lipinski definition) is 1. The van der Waals surface area contributed by atoms with E-state index in [1.54, 1.807) is 0 Å². The molecule has 1 aromatic heterocycles. The molecule has 1 aliphatic carbocycles. The fourth-order valence-electron chi connectivity index (χ4n) is 3.05. The molecule has 1 aliphatic heterocycles. The molecule has 21 heavy (non-hydrogen) atoms. The number of rotatable bonds is 5. The number of nitrogens with zero attached hydrogens (tertiary/aromatic N) is 3. The normalized spacial score (nSPS) is 19.4.